The molecule has 1 aliphatic rings. The summed E-state index contributed by atoms with van der Waals surface area (Å²) in [7, 11) is 1.49. The van der Waals surface area contributed by atoms with E-state index in [1.54, 1.807) is 36.4 Å². The number of methoxy groups -OCH3 is 1. The number of nitrogens with zero attached hydrogens (tertiary/aromatic N) is 1. The number of hydrogen-bond donors (Lipinski definition) is 3. The van der Waals surface area contributed by atoms with Crippen LogP contribution in [-0.2, 0) is 4.74 Å². The van der Waals surface area contributed by atoms with Crippen LogP contribution in [0.5, 0.6) is 17.2 Å². The van der Waals surface area contributed by atoms with E-state index >= 15 is 0 Å². The molecular weight excluding hydrogens is 460 g/mol. The summed E-state index contributed by atoms with van der Waals surface area (Å²) in [5.41, 5.74) is 1.46. The van der Waals surface area contributed by atoms with Gasteiger partial charge in [0.05, 0.1) is 25.9 Å². The van der Waals surface area contributed by atoms with E-state index in [4.69, 9.17) is 14.2 Å². The van der Waals surface area contributed by atoms with Crippen LogP contribution in [-0.4, -0.2) is 63.3 Å². The van der Waals surface area contributed by atoms with Crippen LogP contribution in [0, 0.1) is 0 Å². The Morgan fingerprint density at radius 1 is 0.889 bits per heavy atom. The standard InChI is InChI=1S/C27H30N4O5/c1-34-25-19-21(10-11-24(25)26(32)28-12-13-31-14-16-35-17-15-31)30-27(33)29-20-6-5-9-23(18-20)36-22-7-3-2-4-8-22/h2-11,18-19H,12-17H2,1H3,(H,28,32)(H2,29,30,33). The number of carbonyl (C=O) groups is 2. The lowest BCUT2D eigenvalue weighted by Crippen LogP contribution is -2.41. The first-order valence-corrected chi connectivity index (χ1v) is 11.8. The monoisotopic (exact) mass is 490 g/mol. The molecule has 3 N–H and O–H groups in total. The maximum absolute atomic E-state index is 12.7. The third kappa shape index (κ3) is 7.21. The van der Waals surface area contributed by atoms with Gasteiger partial charge in [0.1, 0.15) is 17.2 Å². The lowest BCUT2D eigenvalue weighted by Gasteiger charge is -2.26. The Hall–Kier alpha value is -4.08. The van der Waals surface area contributed by atoms with Gasteiger partial charge in [-0.15, -0.1) is 0 Å². The summed E-state index contributed by atoms with van der Waals surface area (Å²) in [5, 5.41) is 8.48. The van der Waals surface area contributed by atoms with Gasteiger partial charge in [0.25, 0.3) is 5.91 Å². The SMILES string of the molecule is COc1cc(NC(=O)Nc2cccc(Oc3ccccc3)c2)ccc1C(=O)NCCN1CCOCC1. The van der Waals surface area contributed by atoms with Crippen LogP contribution < -0.4 is 25.4 Å². The Bertz CT molecular complexity index is 1170. The molecule has 0 aromatic heterocycles. The van der Waals surface area contributed by atoms with Crippen molar-refractivity contribution in [3.05, 3.63) is 78.4 Å². The van der Waals surface area contributed by atoms with Crippen LogP contribution in [0.4, 0.5) is 16.2 Å². The molecule has 3 aromatic carbocycles. The Labute approximate surface area is 210 Å². The number of rotatable bonds is 9. The first kappa shape index (κ1) is 25.0. The molecule has 3 amide bonds. The fourth-order valence-electron chi connectivity index (χ4n) is 3.76. The minimum absolute atomic E-state index is 0.230. The minimum atomic E-state index is -0.434. The van der Waals surface area contributed by atoms with Crippen molar-refractivity contribution in [3.63, 3.8) is 0 Å². The maximum Gasteiger partial charge on any atom is 0.323 e. The molecule has 1 heterocycles. The Kier molecular flexibility index (Phi) is 8.74. The molecule has 9 nitrogen and oxygen atoms in total. The quantitative estimate of drug-likeness (QED) is 0.416. The fourth-order valence-corrected chi connectivity index (χ4v) is 3.76. The highest BCUT2D eigenvalue weighted by atomic mass is 16.5. The Morgan fingerprint density at radius 3 is 2.36 bits per heavy atom. The first-order chi connectivity index (χ1) is 17.6. The molecule has 0 spiro atoms. The van der Waals surface area contributed by atoms with Crippen LogP contribution >= 0.6 is 0 Å². The molecule has 1 saturated heterocycles. The number of para-hydroxylation sites is 1. The van der Waals surface area contributed by atoms with Gasteiger partial charge in [-0.25, -0.2) is 4.79 Å². The second-order valence-corrected chi connectivity index (χ2v) is 8.15. The molecule has 36 heavy (non-hydrogen) atoms. The lowest BCUT2D eigenvalue weighted by atomic mass is 10.1. The van der Waals surface area contributed by atoms with Gasteiger partial charge in [-0.3, -0.25) is 9.69 Å². The van der Waals surface area contributed by atoms with Crippen molar-refractivity contribution in [2.45, 2.75) is 0 Å². The summed E-state index contributed by atoms with van der Waals surface area (Å²) in [6, 6.07) is 21.0. The summed E-state index contributed by atoms with van der Waals surface area (Å²) in [6.07, 6.45) is 0. The summed E-state index contributed by atoms with van der Waals surface area (Å²) in [6.45, 7) is 4.46. The van der Waals surface area contributed by atoms with Crippen molar-refractivity contribution >= 4 is 23.3 Å². The number of urea groups is 1. The highest BCUT2D eigenvalue weighted by Gasteiger charge is 2.15. The molecule has 188 valence electrons. The predicted molar refractivity (Wildman–Crippen MR) is 138 cm³/mol. The van der Waals surface area contributed by atoms with Crippen molar-refractivity contribution in [2.75, 3.05) is 57.1 Å². The largest absolute Gasteiger partial charge is 0.496 e. The third-order valence-corrected chi connectivity index (χ3v) is 5.59. The van der Waals surface area contributed by atoms with E-state index in [-0.39, 0.29) is 5.91 Å². The molecule has 0 bridgehead atoms. The lowest BCUT2D eigenvalue weighted by molar-refractivity contribution is 0.0383. The van der Waals surface area contributed by atoms with E-state index in [0.29, 0.717) is 40.7 Å². The Balaban J connectivity index is 1.31. The number of carbonyl (C=O) groups excluding carboxylic acids is 2. The number of benzene rings is 3. The normalized spacial score (nSPS) is 13.5. The van der Waals surface area contributed by atoms with E-state index in [1.165, 1.54) is 7.11 Å². The topological polar surface area (TPSA) is 101 Å². The van der Waals surface area contributed by atoms with Gasteiger partial charge >= 0.3 is 6.03 Å². The maximum atomic E-state index is 12.7. The Morgan fingerprint density at radius 2 is 1.61 bits per heavy atom. The number of hydrogen-bond acceptors (Lipinski definition) is 6. The van der Waals surface area contributed by atoms with E-state index in [0.717, 1.165) is 32.8 Å². The molecule has 0 radical (unpaired) electrons. The van der Waals surface area contributed by atoms with Crippen molar-refractivity contribution in [1.82, 2.24) is 10.2 Å². The van der Waals surface area contributed by atoms with E-state index in [1.807, 2.05) is 36.4 Å². The van der Waals surface area contributed by atoms with Gasteiger partial charge in [0.15, 0.2) is 0 Å². The number of anilines is 2. The molecule has 3 aromatic rings. The zero-order valence-electron chi connectivity index (χ0n) is 20.2. The number of ether oxygens (including phenoxy) is 3. The van der Waals surface area contributed by atoms with Crippen LogP contribution in [0.25, 0.3) is 0 Å². The van der Waals surface area contributed by atoms with Gasteiger partial charge in [-0.1, -0.05) is 24.3 Å². The minimum Gasteiger partial charge on any atom is -0.496 e. The molecule has 0 aliphatic carbocycles. The highest BCUT2D eigenvalue weighted by Crippen LogP contribution is 2.25. The molecule has 4 rings (SSSR count). The van der Waals surface area contributed by atoms with Gasteiger partial charge in [-0.05, 0) is 36.4 Å². The van der Waals surface area contributed by atoms with Crippen LogP contribution in [0.2, 0.25) is 0 Å². The molecule has 1 aliphatic heterocycles. The average molecular weight is 491 g/mol. The highest BCUT2D eigenvalue weighted by molar-refractivity contribution is 6.01. The van der Waals surface area contributed by atoms with Gasteiger partial charge < -0.3 is 30.2 Å². The summed E-state index contributed by atoms with van der Waals surface area (Å²) in [4.78, 5) is 27.5. The van der Waals surface area contributed by atoms with Gasteiger partial charge in [-0.2, -0.15) is 0 Å². The van der Waals surface area contributed by atoms with Crippen LogP contribution in [0.1, 0.15) is 10.4 Å². The number of nitrogens with one attached hydrogen (secondary N) is 3. The average Bonchev–Trinajstić information content (AvgIpc) is 2.90. The zero-order chi connectivity index (χ0) is 25.2. The molecule has 9 heteroatoms. The van der Waals surface area contributed by atoms with Crippen molar-refractivity contribution in [3.8, 4) is 17.2 Å². The summed E-state index contributed by atoms with van der Waals surface area (Å²) >= 11 is 0. The molecule has 0 saturated carbocycles. The summed E-state index contributed by atoms with van der Waals surface area (Å²) < 4.78 is 16.6. The fraction of sp³-hybridized carbons (Fsp3) is 0.259. The van der Waals surface area contributed by atoms with E-state index in [2.05, 4.69) is 20.9 Å². The van der Waals surface area contributed by atoms with Crippen LogP contribution in [0.3, 0.4) is 0 Å². The van der Waals surface area contributed by atoms with Gasteiger partial charge in [0, 0.05) is 49.7 Å². The summed E-state index contributed by atoms with van der Waals surface area (Å²) in [5.74, 6) is 1.45. The number of amides is 3. The predicted octanol–water partition coefficient (Wildman–Crippen LogP) is 4.19. The van der Waals surface area contributed by atoms with Crippen LogP contribution in [0.15, 0.2) is 72.8 Å². The molecule has 0 atom stereocenters. The van der Waals surface area contributed by atoms with Crippen molar-refractivity contribution < 1.29 is 23.8 Å². The van der Waals surface area contributed by atoms with E-state index < -0.39 is 6.03 Å². The second-order valence-electron chi connectivity index (χ2n) is 8.15. The molecule has 1 fully saturated rings. The van der Waals surface area contributed by atoms with Gasteiger partial charge in [0.2, 0.25) is 0 Å². The zero-order valence-corrected chi connectivity index (χ0v) is 20.2. The smallest absolute Gasteiger partial charge is 0.323 e. The third-order valence-electron chi connectivity index (χ3n) is 5.59. The second kappa shape index (κ2) is 12.6. The molecule has 0 unspecified atom stereocenters. The molecular formula is C27H30N4O5. The van der Waals surface area contributed by atoms with E-state index in [9.17, 15) is 9.59 Å². The van der Waals surface area contributed by atoms with Crippen molar-refractivity contribution in [2.24, 2.45) is 0 Å². The first-order valence-electron chi connectivity index (χ1n) is 11.8. The number of morpholine rings is 1. The van der Waals surface area contributed by atoms with Crippen molar-refractivity contribution in [1.29, 1.82) is 0 Å².